The zero-order valence-corrected chi connectivity index (χ0v) is 25.0. The van der Waals surface area contributed by atoms with E-state index in [1.807, 2.05) is 6.07 Å². The topological polar surface area (TPSA) is 118 Å². The van der Waals surface area contributed by atoms with Crippen LogP contribution in [0.1, 0.15) is 24.0 Å². The fraction of sp³-hybridized carbons (Fsp3) is 0.219. The normalized spacial score (nSPS) is 15.2. The molecule has 13 heteroatoms. The Hall–Kier alpha value is -4.75. The summed E-state index contributed by atoms with van der Waals surface area (Å²) >= 11 is 0. The monoisotopic (exact) mass is 634 g/mol. The van der Waals surface area contributed by atoms with Crippen LogP contribution in [0.2, 0.25) is 0 Å². The van der Waals surface area contributed by atoms with Gasteiger partial charge in [0.2, 0.25) is 21.9 Å². The molecule has 9 nitrogen and oxygen atoms in total. The van der Waals surface area contributed by atoms with Crippen LogP contribution >= 0.6 is 0 Å². The van der Waals surface area contributed by atoms with Crippen molar-refractivity contribution in [3.63, 3.8) is 0 Å². The van der Waals surface area contributed by atoms with Gasteiger partial charge in [0.1, 0.15) is 11.6 Å². The molecule has 1 saturated heterocycles. The Kier molecular flexibility index (Phi) is 8.55. The van der Waals surface area contributed by atoms with Crippen LogP contribution in [-0.4, -0.2) is 42.5 Å². The zero-order valence-electron chi connectivity index (χ0n) is 24.1. The van der Waals surface area contributed by atoms with Crippen LogP contribution in [-0.2, 0) is 15.8 Å². The van der Waals surface area contributed by atoms with Gasteiger partial charge in [-0.1, -0.05) is 24.3 Å². The number of sulfonamides is 1. The van der Waals surface area contributed by atoms with Crippen molar-refractivity contribution in [1.29, 1.82) is 0 Å². The number of hydrogen-bond acceptors (Lipinski definition) is 8. The molecule has 3 aromatic carbocycles. The Balaban J connectivity index is 1.33. The van der Waals surface area contributed by atoms with Gasteiger partial charge in [0.15, 0.2) is 11.6 Å². The van der Waals surface area contributed by atoms with Gasteiger partial charge in [0.25, 0.3) is 0 Å². The molecule has 1 fully saturated rings. The summed E-state index contributed by atoms with van der Waals surface area (Å²) in [5.74, 6) is -3.19. The first-order chi connectivity index (χ1) is 21.7. The predicted molar refractivity (Wildman–Crippen MR) is 166 cm³/mol. The number of pyridine rings is 1. The summed E-state index contributed by atoms with van der Waals surface area (Å²) in [6.07, 6.45) is 5.28. The van der Waals surface area contributed by atoms with Crippen molar-refractivity contribution < 1.29 is 26.3 Å². The lowest BCUT2D eigenvalue weighted by molar-refractivity contribution is 0.466. The Morgan fingerprint density at radius 2 is 1.80 bits per heavy atom. The summed E-state index contributed by atoms with van der Waals surface area (Å²) in [4.78, 5) is 13.5. The van der Waals surface area contributed by atoms with Crippen LogP contribution in [0.15, 0.2) is 73.1 Å². The van der Waals surface area contributed by atoms with Crippen molar-refractivity contribution in [2.45, 2.75) is 31.6 Å². The molecule has 1 atom stereocenters. The minimum Gasteiger partial charge on any atom is -0.437 e. The number of aromatic nitrogens is 3. The van der Waals surface area contributed by atoms with E-state index in [1.165, 1.54) is 12.1 Å². The van der Waals surface area contributed by atoms with E-state index in [1.54, 1.807) is 43.6 Å². The molecule has 0 aliphatic carbocycles. The van der Waals surface area contributed by atoms with E-state index in [4.69, 9.17) is 4.74 Å². The molecule has 0 spiro atoms. The molecule has 2 aromatic heterocycles. The number of hydrogen-bond donors (Lipinski definition) is 3. The molecule has 232 valence electrons. The van der Waals surface area contributed by atoms with Crippen LogP contribution in [0, 0.1) is 24.4 Å². The highest BCUT2D eigenvalue weighted by atomic mass is 32.2. The molecule has 6 rings (SSSR count). The Labute approximate surface area is 258 Å². The summed E-state index contributed by atoms with van der Waals surface area (Å²) < 4.78 is 77.6. The predicted octanol–water partition coefficient (Wildman–Crippen LogP) is 6.32. The van der Waals surface area contributed by atoms with Crippen molar-refractivity contribution in [2.24, 2.45) is 0 Å². The highest BCUT2D eigenvalue weighted by Crippen LogP contribution is 2.40. The maximum atomic E-state index is 15.1. The van der Waals surface area contributed by atoms with E-state index in [2.05, 4.69) is 30.3 Å². The summed E-state index contributed by atoms with van der Waals surface area (Å²) in [5.41, 5.74) is 1.10. The van der Waals surface area contributed by atoms with Gasteiger partial charge in [-0.05, 0) is 68.3 Å². The highest BCUT2D eigenvalue weighted by Gasteiger charge is 2.22. The number of ether oxygens (including phenoxy) is 1. The standard InChI is InChI=1S/C32H29F3N6O3S/c1-19-9-10-22-23(11-12-26(34)29(22)41-45(42,43)18-20-5-2-8-25(33)28(20)35)30(19)44-31-24(7-4-15-37-31)27-13-16-38-32(40-27)39-21-6-3-14-36-17-21/h2,4-5,7-13,15-16,21,36,41H,3,6,14,17-18H2,1H3,(H,38,39,40)/t21-/m0/s1. The maximum Gasteiger partial charge on any atom is 0.237 e. The van der Waals surface area contributed by atoms with E-state index in [9.17, 15) is 17.2 Å². The SMILES string of the molecule is Cc1ccc2c(NS(=O)(=O)Cc3cccc(F)c3F)c(F)ccc2c1Oc1ncccc1-c1ccnc(N[C@H]2CCCNC2)n1. The first kappa shape index (κ1) is 30.3. The summed E-state index contributed by atoms with van der Waals surface area (Å²) in [7, 11) is -4.35. The Morgan fingerprint density at radius 1 is 0.956 bits per heavy atom. The number of rotatable bonds is 9. The molecular weight excluding hydrogens is 605 g/mol. The number of fused-ring (bicyclic) bond motifs is 1. The first-order valence-electron chi connectivity index (χ1n) is 14.3. The molecule has 0 saturated carbocycles. The van der Waals surface area contributed by atoms with E-state index in [0.29, 0.717) is 33.9 Å². The van der Waals surface area contributed by atoms with Gasteiger partial charge in [0.05, 0.1) is 22.7 Å². The van der Waals surface area contributed by atoms with Crippen LogP contribution in [0.3, 0.4) is 0 Å². The molecule has 0 unspecified atom stereocenters. The number of anilines is 2. The molecule has 0 amide bonds. The van der Waals surface area contributed by atoms with Crippen LogP contribution in [0.25, 0.3) is 22.0 Å². The second-order valence-electron chi connectivity index (χ2n) is 10.7. The minimum absolute atomic E-state index is 0.200. The van der Waals surface area contributed by atoms with Crippen LogP contribution in [0.5, 0.6) is 11.6 Å². The van der Waals surface area contributed by atoms with E-state index >= 15 is 4.39 Å². The second kappa shape index (κ2) is 12.7. The van der Waals surface area contributed by atoms with Gasteiger partial charge in [0, 0.05) is 41.3 Å². The van der Waals surface area contributed by atoms with E-state index in [-0.39, 0.29) is 28.6 Å². The molecular formula is C32H29F3N6O3S. The summed E-state index contributed by atoms with van der Waals surface area (Å²) in [6, 6.07) is 14.6. The molecule has 1 aliphatic heterocycles. The van der Waals surface area contributed by atoms with Crippen molar-refractivity contribution in [2.75, 3.05) is 23.1 Å². The number of piperidine rings is 1. The molecule has 3 N–H and O–H groups in total. The maximum absolute atomic E-state index is 15.1. The fourth-order valence-electron chi connectivity index (χ4n) is 5.26. The fourth-order valence-corrected chi connectivity index (χ4v) is 6.48. The van der Waals surface area contributed by atoms with Gasteiger partial charge in [-0.25, -0.2) is 36.5 Å². The van der Waals surface area contributed by atoms with Crippen LogP contribution < -0.4 is 20.1 Å². The Morgan fingerprint density at radius 3 is 2.62 bits per heavy atom. The number of nitrogens with one attached hydrogen (secondary N) is 3. The van der Waals surface area contributed by atoms with E-state index in [0.717, 1.165) is 44.1 Å². The van der Waals surface area contributed by atoms with E-state index < -0.39 is 33.2 Å². The summed E-state index contributed by atoms with van der Waals surface area (Å²) in [6.45, 7) is 3.59. The van der Waals surface area contributed by atoms with Gasteiger partial charge < -0.3 is 15.4 Å². The lowest BCUT2D eigenvalue weighted by Crippen LogP contribution is -2.38. The second-order valence-corrected chi connectivity index (χ2v) is 12.4. The lowest BCUT2D eigenvalue weighted by Gasteiger charge is -2.23. The number of benzene rings is 3. The van der Waals surface area contributed by atoms with Gasteiger partial charge in [-0.15, -0.1) is 0 Å². The van der Waals surface area contributed by atoms with Crippen molar-refractivity contribution in [3.8, 4) is 22.9 Å². The van der Waals surface area contributed by atoms with Crippen molar-refractivity contribution in [1.82, 2.24) is 20.3 Å². The Bertz CT molecular complexity index is 1990. The average Bonchev–Trinajstić information content (AvgIpc) is 3.03. The zero-order chi connectivity index (χ0) is 31.6. The third kappa shape index (κ3) is 6.69. The van der Waals surface area contributed by atoms with Gasteiger partial charge in [-0.3, -0.25) is 4.72 Å². The third-order valence-electron chi connectivity index (χ3n) is 7.46. The smallest absolute Gasteiger partial charge is 0.237 e. The molecule has 0 bridgehead atoms. The average molecular weight is 635 g/mol. The molecule has 5 aromatic rings. The van der Waals surface area contributed by atoms with Gasteiger partial charge in [-0.2, -0.15) is 0 Å². The largest absolute Gasteiger partial charge is 0.437 e. The molecule has 3 heterocycles. The third-order valence-corrected chi connectivity index (χ3v) is 8.67. The van der Waals surface area contributed by atoms with Gasteiger partial charge >= 0.3 is 0 Å². The lowest BCUT2D eigenvalue weighted by atomic mass is 10.0. The molecule has 0 radical (unpaired) electrons. The van der Waals surface area contributed by atoms with Crippen molar-refractivity contribution in [3.05, 3.63) is 102 Å². The summed E-state index contributed by atoms with van der Waals surface area (Å²) in [5, 5.41) is 7.32. The van der Waals surface area contributed by atoms with Crippen molar-refractivity contribution >= 4 is 32.4 Å². The first-order valence-corrected chi connectivity index (χ1v) is 15.9. The number of aryl methyl sites for hydroxylation is 1. The molecule has 1 aliphatic rings. The number of nitrogens with zero attached hydrogens (tertiary/aromatic N) is 3. The molecule has 45 heavy (non-hydrogen) atoms. The highest BCUT2D eigenvalue weighted by molar-refractivity contribution is 7.91. The quantitative estimate of drug-likeness (QED) is 0.173. The number of halogens is 3. The van der Waals surface area contributed by atoms with Crippen LogP contribution in [0.4, 0.5) is 24.8 Å². The minimum atomic E-state index is -4.35.